The molecule has 0 aliphatic heterocycles. The van der Waals surface area contributed by atoms with Crippen LogP contribution in [0.3, 0.4) is 0 Å². The number of aromatic nitrogens is 2. The predicted octanol–water partition coefficient (Wildman–Crippen LogP) is 3.23. The van der Waals surface area contributed by atoms with E-state index in [-0.39, 0.29) is 0 Å². The van der Waals surface area contributed by atoms with Gasteiger partial charge in [0, 0.05) is 23.2 Å². The van der Waals surface area contributed by atoms with Gasteiger partial charge in [-0.3, -0.25) is 4.79 Å². The zero-order valence-corrected chi connectivity index (χ0v) is 9.44. The first-order chi connectivity index (χ1) is 7.79. The molecular formula is C12H11ClN2O. The molecule has 0 radical (unpaired) electrons. The minimum Gasteiger partial charge on any atom is -0.329 e. The maximum absolute atomic E-state index is 10.9. The van der Waals surface area contributed by atoms with E-state index in [0.29, 0.717) is 16.8 Å². The molecule has 0 unspecified atom stereocenters. The first kappa shape index (κ1) is 9.85. The Morgan fingerprint density at radius 2 is 2.31 bits per heavy atom. The summed E-state index contributed by atoms with van der Waals surface area (Å²) in [6, 6.07) is 4.09. The van der Waals surface area contributed by atoms with Gasteiger partial charge < -0.3 is 4.57 Å². The van der Waals surface area contributed by atoms with Crippen LogP contribution in [0, 0.1) is 0 Å². The number of aldehydes is 1. The summed E-state index contributed by atoms with van der Waals surface area (Å²) in [5.74, 6) is 0. The van der Waals surface area contributed by atoms with Crippen LogP contribution in [0.15, 0.2) is 18.3 Å². The van der Waals surface area contributed by atoms with Crippen LogP contribution in [0.2, 0.25) is 5.15 Å². The van der Waals surface area contributed by atoms with E-state index in [1.165, 1.54) is 19.3 Å². The maximum atomic E-state index is 10.9. The Labute approximate surface area is 98.0 Å². The number of halogens is 1. The summed E-state index contributed by atoms with van der Waals surface area (Å²) in [6.07, 6.45) is 6.49. The molecule has 0 bridgehead atoms. The molecule has 0 aromatic carbocycles. The number of hydrogen-bond donors (Lipinski definition) is 0. The van der Waals surface area contributed by atoms with E-state index in [2.05, 4.69) is 9.55 Å². The highest BCUT2D eigenvalue weighted by atomic mass is 35.5. The predicted molar refractivity (Wildman–Crippen MR) is 63.0 cm³/mol. The number of nitrogens with zero attached hydrogens (tertiary/aromatic N) is 2. The van der Waals surface area contributed by atoms with Crippen molar-refractivity contribution < 1.29 is 4.79 Å². The third-order valence-corrected chi connectivity index (χ3v) is 3.47. The van der Waals surface area contributed by atoms with Crippen molar-refractivity contribution >= 4 is 28.9 Å². The Balaban J connectivity index is 2.24. The molecule has 0 spiro atoms. The van der Waals surface area contributed by atoms with Gasteiger partial charge in [0.2, 0.25) is 0 Å². The molecule has 1 saturated carbocycles. The van der Waals surface area contributed by atoms with Gasteiger partial charge in [0.05, 0.1) is 0 Å². The fraction of sp³-hybridized carbons (Fsp3) is 0.333. The molecule has 1 fully saturated rings. The first-order valence-corrected chi connectivity index (χ1v) is 5.79. The Bertz CT molecular complexity index is 557. The third-order valence-electron chi connectivity index (χ3n) is 3.28. The molecule has 0 N–H and O–H groups in total. The number of carbonyl (C=O) groups is 1. The summed E-state index contributed by atoms with van der Waals surface area (Å²) >= 11 is 5.91. The van der Waals surface area contributed by atoms with E-state index in [9.17, 15) is 4.79 Å². The van der Waals surface area contributed by atoms with Gasteiger partial charge in [0.15, 0.2) is 6.29 Å². The minimum absolute atomic E-state index is 0.383. The monoisotopic (exact) mass is 234 g/mol. The Morgan fingerprint density at radius 1 is 1.50 bits per heavy atom. The summed E-state index contributed by atoms with van der Waals surface area (Å²) in [5.41, 5.74) is 1.45. The molecular weight excluding hydrogens is 224 g/mol. The number of fused-ring (bicyclic) bond motifs is 1. The van der Waals surface area contributed by atoms with Crippen molar-refractivity contribution in [2.24, 2.45) is 0 Å². The van der Waals surface area contributed by atoms with E-state index in [1.54, 1.807) is 6.07 Å². The SMILES string of the molecule is O=Cc1cc(Cl)nc2c1ccn2C1CCC1. The van der Waals surface area contributed by atoms with Crippen LogP contribution in [-0.2, 0) is 0 Å². The van der Waals surface area contributed by atoms with Gasteiger partial charge in [-0.1, -0.05) is 11.6 Å². The van der Waals surface area contributed by atoms with E-state index in [4.69, 9.17) is 11.6 Å². The lowest BCUT2D eigenvalue weighted by atomic mass is 9.93. The van der Waals surface area contributed by atoms with Crippen LogP contribution in [0.1, 0.15) is 35.7 Å². The van der Waals surface area contributed by atoms with Gasteiger partial charge in [0.25, 0.3) is 0 Å². The van der Waals surface area contributed by atoms with Gasteiger partial charge in [-0.2, -0.15) is 0 Å². The number of rotatable bonds is 2. The van der Waals surface area contributed by atoms with Gasteiger partial charge in [-0.05, 0) is 31.4 Å². The Morgan fingerprint density at radius 3 is 2.94 bits per heavy atom. The molecule has 0 saturated heterocycles. The molecule has 1 aliphatic rings. The Hall–Kier alpha value is -1.35. The molecule has 82 valence electrons. The fourth-order valence-electron chi connectivity index (χ4n) is 2.18. The van der Waals surface area contributed by atoms with Crippen LogP contribution in [0.5, 0.6) is 0 Å². The lowest BCUT2D eigenvalue weighted by molar-refractivity contribution is 0.112. The van der Waals surface area contributed by atoms with Gasteiger partial charge in [0.1, 0.15) is 10.8 Å². The standard InChI is InChI=1S/C12H11ClN2O/c13-11-6-8(7-16)10-4-5-15(12(10)14-11)9-2-1-3-9/h4-7,9H,1-3H2. The zero-order chi connectivity index (χ0) is 11.1. The van der Waals surface area contributed by atoms with Crippen LogP contribution >= 0.6 is 11.6 Å². The summed E-state index contributed by atoms with van der Waals surface area (Å²) in [7, 11) is 0. The summed E-state index contributed by atoms with van der Waals surface area (Å²) in [5, 5.41) is 1.28. The van der Waals surface area contributed by atoms with Crippen molar-refractivity contribution in [3.63, 3.8) is 0 Å². The Kier molecular flexibility index (Phi) is 2.21. The zero-order valence-electron chi connectivity index (χ0n) is 8.69. The van der Waals surface area contributed by atoms with Crippen LogP contribution in [-0.4, -0.2) is 15.8 Å². The van der Waals surface area contributed by atoms with Crippen molar-refractivity contribution in [2.75, 3.05) is 0 Å². The van der Waals surface area contributed by atoms with Gasteiger partial charge in [-0.15, -0.1) is 0 Å². The average molecular weight is 235 g/mol. The fourth-order valence-corrected chi connectivity index (χ4v) is 2.38. The van der Waals surface area contributed by atoms with Crippen molar-refractivity contribution in [2.45, 2.75) is 25.3 Å². The number of pyridine rings is 1. The van der Waals surface area contributed by atoms with Crippen molar-refractivity contribution in [3.05, 3.63) is 29.0 Å². The lowest BCUT2D eigenvalue weighted by Gasteiger charge is -2.27. The summed E-state index contributed by atoms with van der Waals surface area (Å²) < 4.78 is 2.14. The number of carbonyl (C=O) groups excluding carboxylic acids is 1. The van der Waals surface area contributed by atoms with Crippen molar-refractivity contribution in [3.8, 4) is 0 Å². The molecule has 0 amide bonds. The van der Waals surface area contributed by atoms with Gasteiger partial charge in [-0.25, -0.2) is 4.98 Å². The van der Waals surface area contributed by atoms with Crippen molar-refractivity contribution in [1.82, 2.24) is 9.55 Å². The van der Waals surface area contributed by atoms with E-state index in [1.807, 2.05) is 12.3 Å². The highest BCUT2D eigenvalue weighted by Gasteiger charge is 2.21. The number of hydrogen-bond acceptors (Lipinski definition) is 2. The van der Waals surface area contributed by atoms with Crippen LogP contribution < -0.4 is 0 Å². The maximum Gasteiger partial charge on any atom is 0.150 e. The van der Waals surface area contributed by atoms with E-state index >= 15 is 0 Å². The molecule has 3 nitrogen and oxygen atoms in total. The molecule has 0 atom stereocenters. The van der Waals surface area contributed by atoms with E-state index < -0.39 is 0 Å². The van der Waals surface area contributed by atoms with Crippen LogP contribution in [0.25, 0.3) is 11.0 Å². The quantitative estimate of drug-likeness (QED) is 0.591. The van der Waals surface area contributed by atoms with E-state index in [0.717, 1.165) is 17.3 Å². The molecule has 3 rings (SSSR count). The largest absolute Gasteiger partial charge is 0.329 e. The second-order valence-corrected chi connectivity index (χ2v) is 4.58. The second-order valence-electron chi connectivity index (χ2n) is 4.20. The lowest BCUT2D eigenvalue weighted by Crippen LogP contribution is -2.16. The first-order valence-electron chi connectivity index (χ1n) is 5.42. The highest BCUT2D eigenvalue weighted by molar-refractivity contribution is 6.30. The molecule has 2 aromatic rings. The molecule has 1 aliphatic carbocycles. The minimum atomic E-state index is 0.383. The molecule has 2 heterocycles. The second kappa shape index (κ2) is 3.59. The topological polar surface area (TPSA) is 34.9 Å². The van der Waals surface area contributed by atoms with Crippen molar-refractivity contribution in [1.29, 1.82) is 0 Å². The molecule has 2 aromatic heterocycles. The molecule has 4 heteroatoms. The summed E-state index contributed by atoms with van der Waals surface area (Å²) in [4.78, 5) is 15.3. The average Bonchev–Trinajstić information content (AvgIpc) is 2.58. The summed E-state index contributed by atoms with van der Waals surface area (Å²) in [6.45, 7) is 0. The third kappa shape index (κ3) is 1.35. The normalized spacial score (nSPS) is 16.3. The van der Waals surface area contributed by atoms with Gasteiger partial charge >= 0.3 is 0 Å². The molecule has 16 heavy (non-hydrogen) atoms. The highest BCUT2D eigenvalue weighted by Crippen LogP contribution is 2.34. The van der Waals surface area contributed by atoms with Crippen LogP contribution in [0.4, 0.5) is 0 Å². The smallest absolute Gasteiger partial charge is 0.150 e.